The molecular weight excluding hydrogens is 372 g/mol. The predicted molar refractivity (Wildman–Crippen MR) is 99.3 cm³/mol. The van der Waals surface area contributed by atoms with E-state index < -0.39 is 9.84 Å². The van der Waals surface area contributed by atoms with Gasteiger partial charge in [-0.25, -0.2) is 17.9 Å². The van der Waals surface area contributed by atoms with Gasteiger partial charge in [0.2, 0.25) is 9.84 Å². The molecule has 0 N–H and O–H groups in total. The molecule has 8 heteroatoms. The van der Waals surface area contributed by atoms with Crippen LogP contribution in [0.15, 0.2) is 40.3 Å². The number of halogens is 1. The van der Waals surface area contributed by atoms with E-state index in [1.165, 1.54) is 6.07 Å². The fourth-order valence-corrected chi connectivity index (χ4v) is 5.25. The molecule has 26 heavy (non-hydrogen) atoms. The van der Waals surface area contributed by atoms with Crippen LogP contribution < -0.4 is 0 Å². The van der Waals surface area contributed by atoms with Crippen molar-refractivity contribution < 1.29 is 8.42 Å². The molecule has 0 bridgehead atoms. The molecule has 4 rings (SSSR count). The Morgan fingerprint density at radius 1 is 1.31 bits per heavy atom. The van der Waals surface area contributed by atoms with Gasteiger partial charge in [-0.2, -0.15) is 5.10 Å². The van der Waals surface area contributed by atoms with Gasteiger partial charge in [0.15, 0.2) is 5.65 Å². The van der Waals surface area contributed by atoms with Crippen LogP contribution in [0.2, 0.25) is 5.02 Å². The van der Waals surface area contributed by atoms with E-state index in [2.05, 4.69) is 17.0 Å². The molecule has 2 aromatic heterocycles. The number of fused-ring (bicyclic) bond motifs is 2. The Labute approximate surface area is 157 Å². The number of benzene rings is 1. The molecule has 3 heterocycles. The highest BCUT2D eigenvalue weighted by Crippen LogP contribution is 2.30. The third-order valence-electron chi connectivity index (χ3n) is 4.68. The van der Waals surface area contributed by atoms with Gasteiger partial charge in [-0.15, -0.1) is 0 Å². The van der Waals surface area contributed by atoms with Crippen molar-refractivity contribution in [2.45, 2.75) is 36.1 Å². The summed E-state index contributed by atoms with van der Waals surface area (Å²) in [6.45, 7) is 3.59. The molecule has 1 aliphatic heterocycles. The summed E-state index contributed by atoms with van der Waals surface area (Å²) in [7, 11) is -1.71. The van der Waals surface area contributed by atoms with Crippen molar-refractivity contribution >= 4 is 27.1 Å². The lowest BCUT2D eigenvalue weighted by atomic mass is 10.1. The van der Waals surface area contributed by atoms with Crippen molar-refractivity contribution in [3.63, 3.8) is 0 Å². The Hall–Kier alpha value is -1.96. The van der Waals surface area contributed by atoms with Crippen molar-refractivity contribution in [1.29, 1.82) is 0 Å². The predicted octanol–water partition coefficient (Wildman–Crippen LogP) is 2.77. The minimum Gasteiger partial charge on any atom is -0.302 e. The zero-order chi connectivity index (χ0) is 18.5. The van der Waals surface area contributed by atoms with E-state index in [1.54, 1.807) is 22.7 Å². The van der Waals surface area contributed by atoms with Crippen LogP contribution >= 0.6 is 11.6 Å². The van der Waals surface area contributed by atoms with E-state index in [-0.39, 0.29) is 9.79 Å². The highest BCUT2D eigenvalue weighted by Gasteiger charge is 2.29. The largest absolute Gasteiger partial charge is 0.302 e. The lowest BCUT2D eigenvalue weighted by Crippen LogP contribution is -2.27. The second-order valence-corrected chi connectivity index (χ2v) is 8.88. The van der Waals surface area contributed by atoms with Crippen LogP contribution in [0.3, 0.4) is 0 Å². The standard InChI is InChI=1S/C18H19ClN4O2S/c1-3-15-17(26(24,25)14-6-4-5-13(19)9-14)18-20-16-7-8-22(2)10-12(16)11-23(18)21-15/h4-6,9,11H,3,7-8,10H2,1-2H3. The monoisotopic (exact) mass is 390 g/mol. The number of hydrogen-bond acceptors (Lipinski definition) is 5. The molecule has 0 atom stereocenters. The zero-order valence-electron chi connectivity index (χ0n) is 14.6. The third kappa shape index (κ3) is 2.80. The van der Waals surface area contributed by atoms with E-state index in [1.807, 2.05) is 13.1 Å². The molecule has 0 spiro atoms. The van der Waals surface area contributed by atoms with Gasteiger partial charge in [0.05, 0.1) is 16.3 Å². The molecule has 1 aliphatic rings. The Bertz CT molecular complexity index is 1110. The summed E-state index contributed by atoms with van der Waals surface area (Å²) in [5.74, 6) is 0. The van der Waals surface area contributed by atoms with E-state index >= 15 is 0 Å². The van der Waals surface area contributed by atoms with Crippen molar-refractivity contribution in [3.8, 4) is 0 Å². The molecular formula is C18H19ClN4O2S. The first-order valence-electron chi connectivity index (χ1n) is 8.49. The van der Waals surface area contributed by atoms with Crippen molar-refractivity contribution in [3.05, 3.63) is 52.4 Å². The van der Waals surface area contributed by atoms with Crippen molar-refractivity contribution in [2.24, 2.45) is 0 Å². The SMILES string of the molecule is CCc1nn2cc3c(nc2c1S(=O)(=O)c1cccc(Cl)c1)CCN(C)C3. The van der Waals surface area contributed by atoms with Gasteiger partial charge in [0.1, 0.15) is 4.90 Å². The van der Waals surface area contributed by atoms with E-state index in [0.29, 0.717) is 22.8 Å². The number of hydrogen-bond donors (Lipinski definition) is 0. The smallest absolute Gasteiger partial charge is 0.212 e. The minimum absolute atomic E-state index is 0.161. The number of rotatable bonds is 3. The number of nitrogens with zero attached hydrogens (tertiary/aromatic N) is 4. The number of aryl methyl sites for hydroxylation is 1. The summed E-state index contributed by atoms with van der Waals surface area (Å²) < 4.78 is 28.2. The van der Waals surface area contributed by atoms with Crippen LogP contribution in [0.4, 0.5) is 0 Å². The highest BCUT2D eigenvalue weighted by molar-refractivity contribution is 7.91. The zero-order valence-corrected chi connectivity index (χ0v) is 16.2. The summed E-state index contributed by atoms with van der Waals surface area (Å²) in [6.07, 6.45) is 3.21. The molecule has 0 fully saturated rings. The summed E-state index contributed by atoms with van der Waals surface area (Å²) in [6, 6.07) is 6.31. The third-order valence-corrected chi connectivity index (χ3v) is 6.75. The van der Waals surface area contributed by atoms with E-state index in [0.717, 1.165) is 30.8 Å². The first kappa shape index (κ1) is 17.5. The fraction of sp³-hybridized carbons (Fsp3) is 0.333. The van der Waals surface area contributed by atoms with E-state index in [4.69, 9.17) is 16.6 Å². The molecule has 0 saturated heterocycles. The molecule has 0 amide bonds. The van der Waals surface area contributed by atoms with Crippen LogP contribution in [-0.2, 0) is 29.2 Å². The molecule has 3 aromatic rings. The molecule has 0 radical (unpaired) electrons. The topological polar surface area (TPSA) is 67.6 Å². The molecule has 6 nitrogen and oxygen atoms in total. The first-order chi connectivity index (χ1) is 12.4. The fourth-order valence-electron chi connectivity index (χ4n) is 3.34. The number of sulfone groups is 1. The lowest BCUT2D eigenvalue weighted by molar-refractivity contribution is 0.309. The average Bonchev–Trinajstić information content (AvgIpc) is 2.97. The second-order valence-electron chi connectivity index (χ2n) is 6.56. The molecule has 0 saturated carbocycles. The maximum absolute atomic E-state index is 13.3. The van der Waals surface area contributed by atoms with Gasteiger partial charge in [0, 0.05) is 36.3 Å². The van der Waals surface area contributed by atoms with Crippen LogP contribution in [0.5, 0.6) is 0 Å². The molecule has 0 unspecified atom stereocenters. The van der Waals surface area contributed by atoms with Gasteiger partial charge >= 0.3 is 0 Å². The summed E-state index contributed by atoms with van der Waals surface area (Å²) in [4.78, 5) is 7.25. The summed E-state index contributed by atoms with van der Waals surface area (Å²) >= 11 is 6.01. The van der Waals surface area contributed by atoms with Crippen LogP contribution in [-0.4, -0.2) is 41.5 Å². The minimum atomic E-state index is -3.77. The van der Waals surface area contributed by atoms with Gasteiger partial charge in [-0.05, 0) is 31.7 Å². The Kier molecular flexibility index (Phi) is 4.25. The average molecular weight is 391 g/mol. The van der Waals surface area contributed by atoms with Crippen LogP contribution in [0.1, 0.15) is 23.9 Å². The summed E-state index contributed by atoms with van der Waals surface area (Å²) in [5.41, 5.74) is 2.95. The number of aromatic nitrogens is 3. The van der Waals surface area contributed by atoms with Gasteiger partial charge in [-0.3, -0.25) is 0 Å². The molecule has 136 valence electrons. The van der Waals surface area contributed by atoms with Crippen LogP contribution in [0, 0.1) is 0 Å². The second kappa shape index (κ2) is 6.33. The van der Waals surface area contributed by atoms with Gasteiger partial charge < -0.3 is 4.90 Å². The van der Waals surface area contributed by atoms with Crippen molar-refractivity contribution in [2.75, 3.05) is 13.6 Å². The lowest BCUT2D eigenvalue weighted by Gasteiger charge is -2.23. The maximum Gasteiger partial charge on any atom is 0.212 e. The normalized spacial score (nSPS) is 15.3. The first-order valence-corrected chi connectivity index (χ1v) is 10.4. The molecule has 0 aliphatic carbocycles. The highest BCUT2D eigenvalue weighted by atomic mass is 35.5. The van der Waals surface area contributed by atoms with Crippen LogP contribution in [0.25, 0.3) is 5.65 Å². The van der Waals surface area contributed by atoms with Gasteiger partial charge in [-0.1, -0.05) is 24.6 Å². The quantitative estimate of drug-likeness (QED) is 0.687. The molecule has 1 aromatic carbocycles. The van der Waals surface area contributed by atoms with Crippen molar-refractivity contribution in [1.82, 2.24) is 19.5 Å². The Morgan fingerprint density at radius 3 is 2.85 bits per heavy atom. The Morgan fingerprint density at radius 2 is 2.12 bits per heavy atom. The van der Waals surface area contributed by atoms with Gasteiger partial charge in [0.25, 0.3) is 0 Å². The summed E-state index contributed by atoms with van der Waals surface area (Å²) in [5, 5.41) is 4.89. The number of likely N-dealkylation sites (N-methyl/N-ethyl adjacent to an activating group) is 1. The van der Waals surface area contributed by atoms with E-state index in [9.17, 15) is 8.42 Å². The maximum atomic E-state index is 13.3. The Balaban J connectivity index is 1.97.